The number of hydrogen-bond donors (Lipinski definition) is 2. The molecule has 31 heavy (non-hydrogen) atoms. The summed E-state index contributed by atoms with van der Waals surface area (Å²) in [6.45, 7) is 3.23. The topological polar surface area (TPSA) is 79.1 Å². The molecular weight excluding hydrogens is 390 g/mol. The number of nitrogens with one attached hydrogen (secondary N) is 2. The second-order valence-corrected chi connectivity index (χ2v) is 8.36. The third-order valence-corrected chi connectivity index (χ3v) is 6.48. The van der Waals surface area contributed by atoms with Crippen molar-refractivity contribution in [3.63, 3.8) is 0 Å². The van der Waals surface area contributed by atoms with Gasteiger partial charge in [0.2, 0.25) is 0 Å². The second kappa shape index (κ2) is 6.63. The SMILES string of the molecule is Cc1ccc(-c2cc(C(=O)N3CCC4(CC3)Nc3ccccc3-n3cccc34)n[nH]2)o1. The number of aromatic nitrogens is 3. The van der Waals surface area contributed by atoms with E-state index in [-0.39, 0.29) is 11.4 Å². The predicted molar refractivity (Wildman–Crippen MR) is 117 cm³/mol. The summed E-state index contributed by atoms with van der Waals surface area (Å²) in [6.07, 6.45) is 3.80. The summed E-state index contributed by atoms with van der Waals surface area (Å²) in [5.74, 6) is 1.46. The van der Waals surface area contributed by atoms with Gasteiger partial charge >= 0.3 is 0 Å². The molecule has 0 aliphatic carbocycles. The molecule has 1 fully saturated rings. The average molecular weight is 413 g/mol. The fourth-order valence-corrected chi connectivity index (χ4v) is 4.86. The third kappa shape index (κ3) is 2.80. The van der Waals surface area contributed by atoms with Crippen molar-refractivity contribution in [3.05, 3.63) is 77.9 Å². The number of aromatic amines is 1. The lowest BCUT2D eigenvalue weighted by atomic mass is 9.82. The van der Waals surface area contributed by atoms with Crippen LogP contribution in [0.3, 0.4) is 0 Å². The molecule has 0 atom stereocenters. The number of anilines is 1. The highest BCUT2D eigenvalue weighted by molar-refractivity contribution is 5.93. The van der Waals surface area contributed by atoms with Gasteiger partial charge in [-0.1, -0.05) is 12.1 Å². The first kappa shape index (κ1) is 18.1. The van der Waals surface area contributed by atoms with Crippen LogP contribution in [0, 0.1) is 6.92 Å². The lowest BCUT2D eigenvalue weighted by Gasteiger charge is -2.46. The largest absolute Gasteiger partial charge is 0.460 e. The van der Waals surface area contributed by atoms with Crippen molar-refractivity contribution < 1.29 is 9.21 Å². The smallest absolute Gasteiger partial charge is 0.274 e. The van der Waals surface area contributed by atoms with Gasteiger partial charge in [-0.15, -0.1) is 0 Å². The molecule has 2 aliphatic rings. The van der Waals surface area contributed by atoms with Crippen molar-refractivity contribution >= 4 is 11.6 Å². The van der Waals surface area contributed by atoms with Crippen LogP contribution in [0.5, 0.6) is 0 Å². The number of likely N-dealkylation sites (tertiary alicyclic amines) is 1. The quantitative estimate of drug-likeness (QED) is 0.513. The number of hydrogen-bond acceptors (Lipinski definition) is 4. The van der Waals surface area contributed by atoms with E-state index in [1.807, 2.05) is 24.0 Å². The number of para-hydroxylation sites is 2. The van der Waals surface area contributed by atoms with Crippen LogP contribution >= 0.6 is 0 Å². The van der Waals surface area contributed by atoms with Crippen molar-refractivity contribution in [2.75, 3.05) is 18.4 Å². The first-order valence-electron chi connectivity index (χ1n) is 10.6. The van der Waals surface area contributed by atoms with Gasteiger partial charge in [-0.05, 0) is 56.2 Å². The number of H-pyrrole nitrogens is 1. The van der Waals surface area contributed by atoms with Gasteiger partial charge in [-0.25, -0.2) is 0 Å². The molecule has 5 heterocycles. The first-order chi connectivity index (χ1) is 15.1. The van der Waals surface area contributed by atoms with E-state index in [4.69, 9.17) is 4.42 Å². The molecule has 3 aromatic heterocycles. The third-order valence-electron chi connectivity index (χ3n) is 6.48. The number of amides is 1. The molecule has 4 aromatic rings. The minimum Gasteiger partial charge on any atom is -0.460 e. The number of aryl methyl sites for hydroxylation is 1. The van der Waals surface area contributed by atoms with Gasteiger partial charge in [0.1, 0.15) is 11.5 Å². The minimum absolute atomic E-state index is 0.0489. The lowest BCUT2D eigenvalue weighted by Crippen LogP contribution is -2.51. The van der Waals surface area contributed by atoms with Crippen molar-refractivity contribution in [2.24, 2.45) is 0 Å². The summed E-state index contributed by atoms with van der Waals surface area (Å²) < 4.78 is 7.90. The Bertz CT molecular complexity index is 1270. The van der Waals surface area contributed by atoms with Gasteiger partial charge < -0.3 is 19.2 Å². The molecule has 1 saturated heterocycles. The van der Waals surface area contributed by atoms with Crippen LogP contribution in [0.1, 0.15) is 34.8 Å². The highest BCUT2D eigenvalue weighted by atomic mass is 16.3. The van der Waals surface area contributed by atoms with E-state index in [0.717, 1.165) is 24.3 Å². The number of carbonyl (C=O) groups excluding carboxylic acids is 1. The second-order valence-electron chi connectivity index (χ2n) is 8.36. The number of fused-ring (bicyclic) bond motifs is 4. The number of piperidine rings is 1. The summed E-state index contributed by atoms with van der Waals surface area (Å²) in [4.78, 5) is 15.0. The van der Waals surface area contributed by atoms with Crippen molar-refractivity contribution in [1.82, 2.24) is 19.7 Å². The van der Waals surface area contributed by atoms with Crippen molar-refractivity contribution in [3.8, 4) is 17.1 Å². The molecular formula is C24H23N5O2. The van der Waals surface area contributed by atoms with E-state index in [2.05, 4.69) is 62.7 Å². The zero-order valence-electron chi connectivity index (χ0n) is 17.3. The number of nitrogens with zero attached hydrogens (tertiary/aromatic N) is 3. The number of rotatable bonds is 2. The van der Waals surface area contributed by atoms with Crippen LogP contribution < -0.4 is 5.32 Å². The highest BCUT2D eigenvalue weighted by Crippen LogP contribution is 2.43. The summed E-state index contributed by atoms with van der Waals surface area (Å²) in [5.41, 5.74) is 4.53. The van der Waals surface area contributed by atoms with Crippen LogP contribution in [0.25, 0.3) is 17.1 Å². The molecule has 6 rings (SSSR count). The Kier molecular flexibility index (Phi) is 3.86. The summed E-state index contributed by atoms with van der Waals surface area (Å²) >= 11 is 0. The fourth-order valence-electron chi connectivity index (χ4n) is 4.86. The molecule has 1 aromatic carbocycles. The van der Waals surface area contributed by atoms with Crippen molar-refractivity contribution in [1.29, 1.82) is 0 Å². The van der Waals surface area contributed by atoms with Gasteiger partial charge in [0.15, 0.2) is 11.5 Å². The zero-order valence-corrected chi connectivity index (χ0v) is 17.3. The van der Waals surface area contributed by atoms with E-state index < -0.39 is 0 Å². The molecule has 0 radical (unpaired) electrons. The minimum atomic E-state index is -0.170. The maximum atomic E-state index is 13.1. The first-order valence-corrected chi connectivity index (χ1v) is 10.6. The summed E-state index contributed by atoms with van der Waals surface area (Å²) in [6, 6.07) is 18.2. The molecule has 2 aliphatic heterocycles. The molecule has 1 amide bonds. The maximum absolute atomic E-state index is 13.1. The Morgan fingerprint density at radius 3 is 2.74 bits per heavy atom. The van der Waals surface area contributed by atoms with E-state index in [0.29, 0.717) is 30.2 Å². The zero-order chi connectivity index (χ0) is 21.0. The summed E-state index contributed by atoms with van der Waals surface area (Å²) in [5, 5.41) is 11.0. The number of furan rings is 1. The van der Waals surface area contributed by atoms with Gasteiger partial charge in [-0.3, -0.25) is 9.89 Å². The van der Waals surface area contributed by atoms with E-state index in [9.17, 15) is 4.79 Å². The van der Waals surface area contributed by atoms with Crippen LogP contribution in [0.2, 0.25) is 0 Å². The summed E-state index contributed by atoms with van der Waals surface area (Å²) in [7, 11) is 0. The van der Waals surface area contributed by atoms with Crippen molar-refractivity contribution in [2.45, 2.75) is 25.3 Å². The Morgan fingerprint density at radius 2 is 1.94 bits per heavy atom. The Labute approximate surface area is 179 Å². The van der Waals surface area contributed by atoms with Gasteiger partial charge in [0, 0.05) is 31.0 Å². The van der Waals surface area contributed by atoms with E-state index in [1.54, 1.807) is 6.07 Å². The molecule has 0 unspecified atom stereocenters. The highest BCUT2D eigenvalue weighted by Gasteiger charge is 2.42. The van der Waals surface area contributed by atoms with Gasteiger partial charge in [-0.2, -0.15) is 5.10 Å². The molecule has 1 spiro atoms. The van der Waals surface area contributed by atoms with Gasteiger partial charge in [0.05, 0.1) is 16.9 Å². The van der Waals surface area contributed by atoms with Crippen LogP contribution in [0.4, 0.5) is 5.69 Å². The standard InChI is InChI=1S/C24H23N5O2/c1-16-8-9-21(31-16)18-15-19(27-26-18)23(30)28-13-10-24(11-14-28)22-7-4-12-29(22)20-6-3-2-5-17(20)25-24/h2-9,12,15,25H,10-11,13-14H2,1H3,(H,26,27). The Morgan fingerprint density at radius 1 is 1.10 bits per heavy atom. The molecule has 156 valence electrons. The molecule has 7 heteroatoms. The van der Waals surface area contributed by atoms with Crippen LogP contribution in [0.15, 0.2) is 65.2 Å². The normalized spacial score (nSPS) is 16.6. The number of carbonyl (C=O) groups is 1. The van der Waals surface area contributed by atoms with Crippen LogP contribution in [-0.2, 0) is 5.54 Å². The lowest BCUT2D eigenvalue weighted by molar-refractivity contribution is 0.0670. The molecule has 2 N–H and O–H groups in total. The van der Waals surface area contributed by atoms with Gasteiger partial charge in [0.25, 0.3) is 5.91 Å². The number of benzene rings is 1. The monoisotopic (exact) mass is 413 g/mol. The Balaban J connectivity index is 1.22. The van der Waals surface area contributed by atoms with E-state index in [1.165, 1.54) is 11.4 Å². The molecule has 0 bridgehead atoms. The molecule has 7 nitrogen and oxygen atoms in total. The predicted octanol–water partition coefficient (Wildman–Crippen LogP) is 4.33. The average Bonchev–Trinajstić information content (AvgIpc) is 3.55. The Hall–Kier alpha value is -3.74. The fraction of sp³-hybridized carbons (Fsp3) is 0.250. The molecule has 0 saturated carbocycles. The van der Waals surface area contributed by atoms with E-state index >= 15 is 0 Å². The van der Waals surface area contributed by atoms with Crippen LogP contribution in [-0.4, -0.2) is 38.7 Å². The maximum Gasteiger partial charge on any atom is 0.274 e.